The largest absolute Gasteiger partial charge is 0.389 e. The van der Waals surface area contributed by atoms with Gasteiger partial charge in [-0.2, -0.15) is 0 Å². The summed E-state index contributed by atoms with van der Waals surface area (Å²) in [6.07, 6.45) is 1.78. The van der Waals surface area contributed by atoms with Gasteiger partial charge in [0.2, 0.25) is 0 Å². The zero-order valence-corrected chi connectivity index (χ0v) is 8.16. The maximum atomic E-state index is 9.09. The topological polar surface area (TPSA) is 49.2 Å². The normalized spacial score (nSPS) is 17.2. The van der Waals surface area contributed by atoms with Crippen LogP contribution in [0.1, 0.15) is 0 Å². The van der Waals surface area contributed by atoms with E-state index in [0.29, 0.717) is 13.1 Å². The average molecular weight is 197 g/mol. The molecule has 1 aliphatic rings. The van der Waals surface area contributed by atoms with Crippen LogP contribution in [-0.2, 0) is 0 Å². The Morgan fingerprint density at radius 1 is 1.46 bits per heavy atom. The number of anilines is 1. The summed E-state index contributed by atoms with van der Waals surface area (Å²) in [6.45, 7) is 1.35. The number of hydrogen-bond donors (Lipinski definition) is 1. The zero-order chi connectivity index (χ0) is 9.26. The molecule has 0 radical (unpaired) electrons. The number of aliphatic hydroxyl groups excluding tert-OH is 1. The predicted molar refractivity (Wildman–Crippen MR) is 52.0 cm³/mol. The first kappa shape index (κ1) is 8.77. The quantitative estimate of drug-likeness (QED) is 0.695. The monoisotopic (exact) mass is 197 g/mol. The van der Waals surface area contributed by atoms with Crippen LogP contribution in [0.3, 0.4) is 0 Å². The maximum absolute atomic E-state index is 9.09. The number of nitrogens with zero attached hydrogens (tertiary/aromatic N) is 3. The standard InChI is InChI=1S/C8H11N3OS/c1-13-8-3-2-7(9-10-8)11-4-6(12)5-11/h2-3,6,12H,4-5H2,1H3. The molecule has 0 aliphatic carbocycles. The van der Waals surface area contributed by atoms with E-state index in [1.54, 1.807) is 11.8 Å². The summed E-state index contributed by atoms with van der Waals surface area (Å²) in [7, 11) is 0. The molecule has 0 aromatic carbocycles. The Kier molecular flexibility index (Phi) is 2.37. The first-order valence-corrected chi connectivity index (χ1v) is 5.33. The lowest BCUT2D eigenvalue weighted by atomic mass is 10.2. The molecule has 0 saturated carbocycles. The van der Waals surface area contributed by atoms with Gasteiger partial charge in [0.15, 0.2) is 5.82 Å². The first-order chi connectivity index (χ1) is 6.29. The highest BCUT2D eigenvalue weighted by molar-refractivity contribution is 7.98. The van der Waals surface area contributed by atoms with Crippen molar-refractivity contribution >= 4 is 17.6 Å². The SMILES string of the molecule is CSc1ccc(N2CC(O)C2)nn1. The third kappa shape index (κ3) is 1.76. The van der Waals surface area contributed by atoms with Gasteiger partial charge in [0.25, 0.3) is 0 Å². The van der Waals surface area contributed by atoms with Gasteiger partial charge >= 0.3 is 0 Å². The molecule has 70 valence electrons. The van der Waals surface area contributed by atoms with E-state index in [2.05, 4.69) is 10.2 Å². The molecule has 0 atom stereocenters. The predicted octanol–water partition coefficient (Wildman–Crippen LogP) is 0.379. The van der Waals surface area contributed by atoms with Gasteiger partial charge in [-0.3, -0.25) is 0 Å². The molecule has 1 saturated heterocycles. The number of aromatic nitrogens is 2. The zero-order valence-electron chi connectivity index (χ0n) is 7.34. The molecule has 2 heterocycles. The van der Waals surface area contributed by atoms with Crippen LogP contribution in [0.15, 0.2) is 17.2 Å². The summed E-state index contributed by atoms with van der Waals surface area (Å²) >= 11 is 1.57. The van der Waals surface area contributed by atoms with Crippen molar-refractivity contribution < 1.29 is 5.11 Å². The molecule has 4 nitrogen and oxygen atoms in total. The van der Waals surface area contributed by atoms with Crippen molar-refractivity contribution in [2.45, 2.75) is 11.1 Å². The first-order valence-electron chi connectivity index (χ1n) is 4.10. The molecule has 0 spiro atoms. The summed E-state index contributed by atoms with van der Waals surface area (Å²) in [6, 6.07) is 3.88. The van der Waals surface area contributed by atoms with Gasteiger partial charge < -0.3 is 10.0 Å². The van der Waals surface area contributed by atoms with Crippen molar-refractivity contribution in [2.75, 3.05) is 24.2 Å². The van der Waals surface area contributed by atoms with Gasteiger partial charge in [0.1, 0.15) is 5.03 Å². The molecule has 5 heteroatoms. The van der Waals surface area contributed by atoms with E-state index < -0.39 is 0 Å². The molecular weight excluding hydrogens is 186 g/mol. The number of thioether (sulfide) groups is 1. The second kappa shape index (κ2) is 3.51. The van der Waals surface area contributed by atoms with Crippen molar-refractivity contribution in [3.8, 4) is 0 Å². The molecule has 1 aromatic rings. The van der Waals surface area contributed by atoms with Crippen LogP contribution >= 0.6 is 11.8 Å². The van der Waals surface area contributed by atoms with Crippen LogP contribution < -0.4 is 4.90 Å². The van der Waals surface area contributed by atoms with E-state index in [0.717, 1.165) is 10.8 Å². The van der Waals surface area contributed by atoms with Crippen LogP contribution in [-0.4, -0.2) is 40.8 Å². The lowest BCUT2D eigenvalue weighted by Crippen LogP contribution is -2.51. The summed E-state index contributed by atoms with van der Waals surface area (Å²) in [5.41, 5.74) is 0. The molecule has 2 rings (SSSR count). The Hall–Kier alpha value is -0.810. The number of aliphatic hydroxyl groups is 1. The molecule has 1 fully saturated rings. The fraction of sp³-hybridized carbons (Fsp3) is 0.500. The van der Waals surface area contributed by atoms with Gasteiger partial charge in [0.05, 0.1) is 6.10 Å². The summed E-state index contributed by atoms with van der Waals surface area (Å²) in [5.74, 6) is 0.850. The molecule has 1 N–H and O–H groups in total. The Morgan fingerprint density at radius 2 is 2.23 bits per heavy atom. The van der Waals surface area contributed by atoms with Crippen molar-refractivity contribution in [1.29, 1.82) is 0 Å². The molecule has 1 aromatic heterocycles. The fourth-order valence-corrected chi connectivity index (χ4v) is 1.56. The molecule has 1 aliphatic heterocycles. The minimum atomic E-state index is -0.193. The van der Waals surface area contributed by atoms with Crippen LogP contribution in [0.5, 0.6) is 0 Å². The molecule has 0 bridgehead atoms. The van der Waals surface area contributed by atoms with Crippen molar-refractivity contribution in [1.82, 2.24) is 10.2 Å². The van der Waals surface area contributed by atoms with Gasteiger partial charge in [-0.05, 0) is 18.4 Å². The van der Waals surface area contributed by atoms with E-state index in [4.69, 9.17) is 5.11 Å². The molecule has 13 heavy (non-hydrogen) atoms. The summed E-state index contributed by atoms with van der Waals surface area (Å²) in [4.78, 5) is 2.00. The Balaban J connectivity index is 2.06. The molecular formula is C8H11N3OS. The Morgan fingerprint density at radius 3 is 2.69 bits per heavy atom. The van der Waals surface area contributed by atoms with Crippen molar-refractivity contribution in [3.05, 3.63) is 12.1 Å². The molecule has 0 amide bonds. The van der Waals surface area contributed by atoms with E-state index >= 15 is 0 Å². The van der Waals surface area contributed by atoms with Crippen LogP contribution in [0.25, 0.3) is 0 Å². The van der Waals surface area contributed by atoms with Gasteiger partial charge in [-0.25, -0.2) is 0 Å². The number of hydrogen-bond acceptors (Lipinski definition) is 5. The third-order valence-electron chi connectivity index (χ3n) is 2.02. The van der Waals surface area contributed by atoms with E-state index in [-0.39, 0.29) is 6.10 Å². The third-order valence-corrected chi connectivity index (χ3v) is 2.66. The highest BCUT2D eigenvalue weighted by Gasteiger charge is 2.25. The van der Waals surface area contributed by atoms with Gasteiger partial charge in [0, 0.05) is 13.1 Å². The highest BCUT2D eigenvalue weighted by Crippen LogP contribution is 2.19. The number of β-amino-alcohol motifs (C(OH)–C–C–N with tert-alkyl or cyclic N) is 1. The van der Waals surface area contributed by atoms with Gasteiger partial charge in [-0.1, -0.05) is 0 Å². The van der Waals surface area contributed by atoms with E-state index in [1.165, 1.54) is 0 Å². The minimum Gasteiger partial charge on any atom is -0.389 e. The van der Waals surface area contributed by atoms with Crippen LogP contribution in [0.4, 0.5) is 5.82 Å². The average Bonchev–Trinajstić information content (AvgIpc) is 2.13. The van der Waals surface area contributed by atoms with Crippen LogP contribution in [0.2, 0.25) is 0 Å². The fourth-order valence-electron chi connectivity index (χ4n) is 1.23. The Labute approximate surface area is 81.0 Å². The van der Waals surface area contributed by atoms with Crippen LogP contribution in [0, 0.1) is 0 Å². The lowest BCUT2D eigenvalue weighted by molar-refractivity contribution is 0.141. The minimum absolute atomic E-state index is 0.193. The lowest BCUT2D eigenvalue weighted by Gasteiger charge is -2.36. The second-order valence-corrected chi connectivity index (χ2v) is 3.82. The van der Waals surface area contributed by atoms with Crippen molar-refractivity contribution in [3.63, 3.8) is 0 Å². The van der Waals surface area contributed by atoms with Crippen molar-refractivity contribution in [2.24, 2.45) is 0 Å². The maximum Gasteiger partial charge on any atom is 0.151 e. The highest BCUT2D eigenvalue weighted by atomic mass is 32.2. The van der Waals surface area contributed by atoms with Gasteiger partial charge in [-0.15, -0.1) is 22.0 Å². The van der Waals surface area contributed by atoms with E-state index in [9.17, 15) is 0 Å². The summed E-state index contributed by atoms with van der Waals surface area (Å²) < 4.78 is 0. The van der Waals surface area contributed by atoms with E-state index in [1.807, 2.05) is 23.3 Å². The Bertz CT molecular complexity index is 284. The second-order valence-electron chi connectivity index (χ2n) is 2.99. The molecule has 0 unspecified atom stereocenters. The smallest absolute Gasteiger partial charge is 0.151 e. The number of rotatable bonds is 2. The summed E-state index contributed by atoms with van der Waals surface area (Å²) in [5, 5.41) is 18.1.